The Bertz CT molecular complexity index is 1990. The van der Waals surface area contributed by atoms with Crippen LogP contribution in [0.3, 0.4) is 0 Å². The van der Waals surface area contributed by atoms with Crippen LogP contribution in [0.25, 0.3) is 43.8 Å². The highest BCUT2D eigenvalue weighted by atomic mass is 16.5. The molecule has 2 N–H and O–H groups in total. The summed E-state index contributed by atoms with van der Waals surface area (Å²) in [5, 5.41) is 25.8. The Morgan fingerprint density at radius 2 is 0.938 bits per heavy atom. The zero-order valence-corrected chi connectivity index (χ0v) is 27.9. The Morgan fingerprint density at radius 1 is 0.500 bits per heavy atom. The van der Waals surface area contributed by atoms with Crippen molar-refractivity contribution in [2.45, 2.75) is 38.4 Å². The van der Waals surface area contributed by atoms with E-state index in [1.807, 2.05) is 97.9 Å². The first-order valence-electron chi connectivity index (χ1n) is 16.3. The van der Waals surface area contributed by atoms with E-state index in [0.717, 1.165) is 49.5 Å². The summed E-state index contributed by atoms with van der Waals surface area (Å²) in [6.07, 6.45) is 0.620. The molecule has 6 aromatic carbocycles. The van der Waals surface area contributed by atoms with Crippen LogP contribution in [-0.4, -0.2) is 48.3 Å². The number of methoxy groups -OCH3 is 1. The number of benzene rings is 6. The minimum Gasteiger partial charge on any atom is -0.496 e. The Morgan fingerprint density at radius 3 is 1.44 bits per heavy atom. The molecule has 0 aliphatic carbocycles. The lowest BCUT2D eigenvalue weighted by molar-refractivity contribution is -0.0245. The summed E-state index contributed by atoms with van der Waals surface area (Å²) in [5.74, 6) is 2.76. The second-order valence-corrected chi connectivity index (χ2v) is 12.8. The Balaban J connectivity index is 1.16. The number of rotatable bonds is 13. The highest BCUT2D eigenvalue weighted by Crippen LogP contribution is 2.45. The summed E-state index contributed by atoms with van der Waals surface area (Å²) < 4.78 is 24.1. The van der Waals surface area contributed by atoms with Gasteiger partial charge in [-0.05, 0) is 89.3 Å². The van der Waals surface area contributed by atoms with Crippen molar-refractivity contribution >= 4 is 21.5 Å². The Kier molecular flexibility index (Phi) is 9.58. The van der Waals surface area contributed by atoms with Gasteiger partial charge in [0.2, 0.25) is 0 Å². The fourth-order valence-electron chi connectivity index (χ4n) is 5.65. The van der Waals surface area contributed by atoms with Crippen molar-refractivity contribution in [2.75, 3.05) is 26.9 Å². The molecule has 6 heteroatoms. The van der Waals surface area contributed by atoms with E-state index < -0.39 is 11.2 Å². The Labute approximate surface area is 282 Å². The van der Waals surface area contributed by atoms with Gasteiger partial charge in [-0.1, -0.05) is 91.9 Å². The first-order valence-corrected chi connectivity index (χ1v) is 16.3. The van der Waals surface area contributed by atoms with Gasteiger partial charge in [-0.3, -0.25) is 0 Å². The molecule has 0 fully saturated rings. The van der Waals surface area contributed by atoms with Crippen molar-refractivity contribution in [3.8, 4) is 45.3 Å². The summed E-state index contributed by atoms with van der Waals surface area (Å²) in [4.78, 5) is 0. The van der Waals surface area contributed by atoms with Crippen LogP contribution in [0.1, 0.15) is 27.2 Å². The van der Waals surface area contributed by atoms with Crippen molar-refractivity contribution in [3.05, 3.63) is 121 Å². The largest absolute Gasteiger partial charge is 0.496 e. The van der Waals surface area contributed by atoms with Crippen LogP contribution >= 0.6 is 0 Å². The van der Waals surface area contributed by atoms with Gasteiger partial charge in [-0.15, -0.1) is 0 Å². The minimum absolute atomic E-state index is 0.0195. The fraction of sp³-hybridized carbons (Fsp3) is 0.238. The van der Waals surface area contributed by atoms with E-state index in [0.29, 0.717) is 23.7 Å². The average molecular weight is 643 g/mol. The molecule has 0 amide bonds. The van der Waals surface area contributed by atoms with Gasteiger partial charge in [-0.25, -0.2) is 0 Å². The van der Waals surface area contributed by atoms with Crippen LogP contribution < -0.4 is 18.9 Å². The first kappa shape index (κ1) is 32.9. The van der Waals surface area contributed by atoms with Gasteiger partial charge in [-0.2, -0.15) is 0 Å². The molecule has 0 heterocycles. The quantitative estimate of drug-likeness (QED) is 0.131. The van der Waals surface area contributed by atoms with Crippen molar-refractivity contribution in [2.24, 2.45) is 0 Å². The maximum absolute atomic E-state index is 11.4. The van der Waals surface area contributed by atoms with Gasteiger partial charge in [0.05, 0.1) is 12.7 Å². The second-order valence-electron chi connectivity index (χ2n) is 12.8. The average Bonchev–Trinajstić information content (AvgIpc) is 3.12. The molecule has 0 saturated heterocycles. The number of ether oxygens (including phenoxy) is 4. The molecule has 0 bridgehead atoms. The standard InChI is InChI=1S/C42H42O6/c1-5-41(2,43)26-46-33-20-14-29(15-21-33)30-16-22-34(23-17-30)47-27-42(3,44)28-48-38-25-19-32-11-7-9-13-36(32)40(38)39-35-12-8-6-10-31(35)18-24-37(39)45-4/h6-25,43-44H,5,26-28H2,1-4H3. The number of fused-ring (bicyclic) bond motifs is 2. The van der Waals surface area contributed by atoms with Crippen molar-refractivity contribution < 1.29 is 29.2 Å². The normalized spacial score (nSPS) is 13.9. The molecule has 2 atom stereocenters. The Hall–Kier alpha value is -5.04. The second kappa shape index (κ2) is 14.0. The molecular weight excluding hydrogens is 600 g/mol. The number of aliphatic hydroxyl groups is 2. The van der Waals surface area contributed by atoms with E-state index in [9.17, 15) is 10.2 Å². The molecule has 0 aromatic heterocycles. The molecule has 0 spiro atoms. The van der Waals surface area contributed by atoms with Crippen LogP contribution in [-0.2, 0) is 0 Å². The third-order valence-electron chi connectivity index (χ3n) is 8.69. The summed E-state index contributed by atoms with van der Waals surface area (Å²) in [7, 11) is 1.68. The molecule has 0 radical (unpaired) electrons. The van der Waals surface area contributed by atoms with Crippen molar-refractivity contribution in [1.29, 1.82) is 0 Å². The predicted molar refractivity (Wildman–Crippen MR) is 193 cm³/mol. The maximum Gasteiger partial charge on any atom is 0.130 e. The topological polar surface area (TPSA) is 77.4 Å². The van der Waals surface area contributed by atoms with Crippen LogP contribution in [0.2, 0.25) is 0 Å². The van der Waals surface area contributed by atoms with Crippen molar-refractivity contribution in [1.82, 2.24) is 0 Å². The van der Waals surface area contributed by atoms with Gasteiger partial charge >= 0.3 is 0 Å². The summed E-state index contributed by atoms with van der Waals surface area (Å²) in [6.45, 7) is 5.72. The summed E-state index contributed by atoms with van der Waals surface area (Å²) in [6, 6.07) is 40.0. The lowest BCUT2D eigenvalue weighted by atomic mass is 9.92. The smallest absolute Gasteiger partial charge is 0.130 e. The fourth-order valence-corrected chi connectivity index (χ4v) is 5.65. The highest BCUT2D eigenvalue weighted by molar-refractivity contribution is 6.09. The molecule has 0 aliphatic heterocycles. The van der Waals surface area contributed by atoms with E-state index in [1.54, 1.807) is 21.0 Å². The van der Waals surface area contributed by atoms with E-state index in [1.165, 1.54) is 0 Å². The number of hydrogen-bond acceptors (Lipinski definition) is 6. The summed E-state index contributed by atoms with van der Waals surface area (Å²) in [5.41, 5.74) is 1.80. The van der Waals surface area contributed by atoms with E-state index in [-0.39, 0.29) is 19.8 Å². The van der Waals surface area contributed by atoms with Gasteiger partial charge in [0.1, 0.15) is 48.4 Å². The van der Waals surface area contributed by atoms with Crippen LogP contribution in [0.5, 0.6) is 23.0 Å². The van der Waals surface area contributed by atoms with E-state index in [4.69, 9.17) is 18.9 Å². The molecule has 48 heavy (non-hydrogen) atoms. The molecule has 2 unspecified atom stereocenters. The first-order chi connectivity index (χ1) is 23.2. The van der Waals surface area contributed by atoms with Gasteiger partial charge in [0, 0.05) is 11.1 Å². The van der Waals surface area contributed by atoms with Gasteiger partial charge in [0.15, 0.2) is 0 Å². The SMILES string of the molecule is CCC(C)(O)COc1ccc(-c2ccc(OCC(C)(O)COc3ccc4ccccc4c3-c3c(OC)ccc4ccccc34)cc2)cc1. The highest BCUT2D eigenvalue weighted by Gasteiger charge is 2.25. The predicted octanol–water partition coefficient (Wildman–Crippen LogP) is 9.08. The lowest BCUT2D eigenvalue weighted by Crippen LogP contribution is -2.38. The maximum atomic E-state index is 11.4. The lowest BCUT2D eigenvalue weighted by Gasteiger charge is -2.25. The zero-order chi connectivity index (χ0) is 33.7. The van der Waals surface area contributed by atoms with Crippen LogP contribution in [0.15, 0.2) is 121 Å². The zero-order valence-electron chi connectivity index (χ0n) is 27.9. The van der Waals surface area contributed by atoms with Gasteiger partial charge < -0.3 is 29.2 Å². The monoisotopic (exact) mass is 642 g/mol. The van der Waals surface area contributed by atoms with Gasteiger partial charge in [0.25, 0.3) is 0 Å². The number of hydrogen-bond donors (Lipinski definition) is 2. The molecule has 6 rings (SSSR count). The van der Waals surface area contributed by atoms with Crippen molar-refractivity contribution in [3.63, 3.8) is 0 Å². The van der Waals surface area contributed by atoms with E-state index >= 15 is 0 Å². The third kappa shape index (κ3) is 7.41. The third-order valence-corrected chi connectivity index (χ3v) is 8.69. The molecule has 246 valence electrons. The van der Waals surface area contributed by atoms with Crippen LogP contribution in [0.4, 0.5) is 0 Å². The summed E-state index contributed by atoms with van der Waals surface area (Å²) >= 11 is 0. The molecule has 0 aliphatic rings. The molecule has 0 saturated carbocycles. The molecular formula is C42H42O6. The van der Waals surface area contributed by atoms with E-state index in [2.05, 4.69) is 30.3 Å². The van der Waals surface area contributed by atoms with Crippen LogP contribution in [0, 0.1) is 0 Å². The molecule has 6 aromatic rings. The minimum atomic E-state index is -1.28. The molecule has 6 nitrogen and oxygen atoms in total.